The van der Waals surface area contributed by atoms with E-state index in [4.69, 9.17) is 4.74 Å². The fourth-order valence-electron chi connectivity index (χ4n) is 3.90. The van der Waals surface area contributed by atoms with Crippen LogP contribution in [-0.2, 0) is 48.6 Å². The van der Waals surface area contributed by atoms with E-state index < -0.39 is 0 Å². The highest BCUT2D eigenvalue weighted by atomic mass is 16.5. The Kier molecular flexibility index (Phi) is 6.38. The summed E-state index contributed by atoms with van der Waals surface area (Å²) in [4.78, 5) is 12.5. The van der Waals surface area contributed by atoms with Crippen LogP contribution in [0.3, 0.4) is 0 Å². The molecule has 0 saturated carbocycles. The maximum absolute atomic E-state index is 12.5. The molecule has 3 aromatic rings. The van der Waals surface area contributed by atoms with Gasteiger partial charge in [-0.05, 0) is 52.6 Å². The lowest BCUT2D eigenvalue weighted by Gasteiger charge is -2.12. The summed E-state index contributed by atoms with van der Waals surface area (Å²) in [5.74, 6) is 0.0583. The molecule has 4 rings (SSSR count). The first-order valence-corrected chi connectivity index (χ1v) is 10.3. The zero-order chi connectivity index (χ0) is 19.9. The lowest BCUT2D eigenvalue weighted by atomic mass is 10.0. The van der Waals surface area contributed by atoms with E-state index in [1.54, 1.807) is 0 Å². The molecular formula is C26H27NO2. The number of aryl methyl sites for hydroxylation is 2. The zero-order valence-electron chi connectivity index (χ0n) is 16.7. The van der Waals surface area contributed by atoms with E-state index in [1.807, 2.05) is 30.3 Å². The second-order valence-corrected chi connectivity index (χ2v) is 7.66. The van der Waals surface area contributed by atoms with Gasteiger partial charge in [-0.15, -0.1) is 0 Å². The molecule has 3 heteroatoms. The van der Waals surface area contributed by atoms with Crippen molar-refractivity contribution >= 4 is 5.91 Å². The van der Waals surface area contributed by atoms with Gasteiger partial charge in [-0.3, -0.25) is 4.79 Å². The average Bonchev–Trinajstić information content (AvgIpc) is 3.22. The van der Waals surface area contributed by atoms with Crippen molar-refractivity contribution in [2.45, 2.75) is 45.4 Å². The molecule has 0 aromatic heterocycles. The van der Waals surface area contributed by atoms with Crippen LogP contribution in [0.25, 0.3) is 0 Å². The molecule has 0 spiro atoms. The number of rotatable bonds is 8. The molecular weight excluding hydrogens is 358 g/mol. The van der Waals surface area contributed by atoms with Gasteiger partial charge in [-0.25, -0.2) is 0 Å². The van der Waals surface area contributed by atoms with Gasteiger partial charge in [0.05, 0.1) is 19.6 Å². The predicted molar refractivity (Wildman–Crippen MR) is 115 cm³/mol. The molecule has 148 valence electrons. The van der Waals surface area contributed by atoms with E-state index in [2.05, 4.69) is 47.8 Å². The summed E-state index contributed by atoms with van der Waals surface area (Å²) in [6.45, 7) is 1.64. The number of carbonyl (C=O) groups is 1. The van der Waals surface area contributed by atoms with E-state index in [9.17, 15) is 4.79 Å². The molecule has 1 N–H and O–H groups in total. The molecule has 0 heterocycles. The number of amides is 1. The van der Waals surface area contributed by atoms with Crippen LogP contribution >= 0.6 is 0 Å². The fourth-order valence-corrected chi connectivity index (χ4v) is 3.90. The van der Waals surface area contributed by atoms with Crippen molar-refractivity contribution in [1.82, 2.24) is 5.32 Å². The third-order valence-electron chi connectivity index (χ3n) is 5.49. The number of fused-ring (bicyclic) bond motifs is 1. The molecule has 0 saturated heterocycles. The van der Waals surface area contributed by atoms with Crippen molar-refractivity contribution in [1.29, 1.82) is 0 Å². The SMILES string of the molecule is O=C(Cc1ccc2c(c1)CCC2)NCc1ccccc1COCc1ccccc1. The van der Waals surface area contributed by atoms with Gasteiger partial charge in [0, 0.05) is 6.54 Å². The molecule has 0 aliphatic heterocycles. The highest BCUT2D eigenvalue weighted by Crippen LogP contribution is 2.23. The summed E-state index contributed by atoms with van der Waals surface area (Å²) < 4.78 is 5.88. The number of nitrogens with one attached hydrogen (secondary N) is 1. The second-order valence-electron chi connectivity index (χ2n) is 7.66. The average molecular weight is 386 g/mol. The van der Waals surface area contributed by atoms with Crippen molar-refractivity contribution in [3.05, 3.63) is 106 Å². The summed E-state index contributed by atoms with van der Waals surface area (Å²) in [5, 5.41) is 3.07. The first-order chi connectivity index (χ1) is 14.3. The van der Waals surface area contributed by atoms with Crippen LogP contribution in [0, 0.1) is 0 Å². The summed E-state index contributed by atoms with van der Waals surface area (Å²) in [6, 6.07) is 24.8. The van der Waals surface area contributed by atoms with E-state index >= 15 is 0 Å². The normalized spacial score (nSPS) is 12.6. The number of benzene rings is 3. The van der Waals surface area contributed by atoms with Gasteiger partial charge >= 0.3 is 0 Å². The molecule has 3 aromatic carbocycles. The molecule has 1 aliphatic carbocycles. The quantitative estimate of drug-likeness (QED) is 0.608. The molecule has 0 bridgehead atoms. The lowest BCUT2D eigenvalue weighted by molar-refractivity contribution is -0.120. The molecule has 1 amide bonds. The maximum atomic E-state index is 12.5. The van der Waals surface area contributed by atoms with Crippen molar-refractivity contribution < 1.29 is 9.53 Å². The minimum atomic E-state index is 0.0583. The Labute approximate surface area is 172 Å². The largest absolute Gasteiger partial charge is 0.372 e. The highest BCUT2D eigenvalue weighted by molar-refractivity contribution is 5.78. The number of hydrogen-bond acceptors (Lipinski definition) is 2. The van der Waals surface area contributed by atoms with Gasteiger partial charge in [0.25, 0.3) is 0 Å². The van der Waals surface area contributed by atoms with Gasteiger partial charge in [0.15, 0.2) is 0 Å². The first-order valence-electron chi connectivity index (χ1n) is 10.3. The van der Waals surface area contributed by atoms with Crippen LogP contribution in [0.1, 0.15) is 39.8 Å². The highest BCUT2D eigenvalue weighted by Gasteiger charge is 2.12. The molecule has 29 heavy (non-hydrogen) atoms. The third kappa shape index (κ3) is 5.33. The van der Waals surface area contributed by atoms with Gasteiger partial charge in [-0.1, -0.05) is 72.8 Å². The summed E-state index contributed by atoms with van der Waals surface area (Å²) in [6.07, 6.45) is 3.97. The number of ether oxygens (including phenoxy) is 1. The Morgan fingerprint density at radius 3 is 2.41 bits per heavy atom. The van der Waals surface area contributed by atoms with E-state index in [0.29, 0.717) is 26.2 Å². The molecule has 0 fully saturated rings. The minimum absolute atomic E-state index is 0.0583. The summed E-state index contributed by atoms with van der Waals surface area (Å²) in [5.41, 5.74) is 7.33. The van der Waals surface area contributed by atoms with Crippen molar-refractivity contribution in [3.63, 3.8) is 0 Å². The molecule has 1 aliphatic rings. The van der Waals surface area contributed by atoms with Gasteiger partial charge < -0.3 is 10.1 Å². The van der Waals surface area contributed by atoms with Crippen LogP contribution in [0.2, 0.25) is 0 Å². The van der Waals surface area contributed by atoms with Crippen LogP contribution in [0.4, 0.5) is 0 Å². The molecule has 0 atom stereocenters. The van der Waals surface area contributed by atoms with Crippen LogP contribution in [-0.4, -0.2) is 5.91 Å². The van der Waals surface area contributed by atoms with Crippen LogP contribution in [0.5, 0.6) is 0 Å². The number of hydrogen-bond donors (Lipinski definition) is 1. The second kappa shape index (κ2) is 9.53. The fraction of sp³-hybridized carbons (Fsp3) is 0.269. The Morgan fingerprint density at radius 2 is 1.55 bits per heavy atom. The van der Waals surface area contributed by atoms with E-state index in [0.717, 1.165) is 28.7 Å². The smallest absolute Gasteiger partial charge is 0.224 e. The third-order valence-corrected chi connectivity index (χ3v) is 5.49. The lowest BCUT2D eigenvalue weighted by Crippen LogP contribution is -2.25. The Bertz CT molecular complexity index is 965. The van der Waals surface area contributed by atoms with Crippen LogP contribution in [0.15, 0.2) is 72.8 Å². The molecule has 0 unspecified atom stereocenters. The minimum Gasteiger partial charge on any atom is -0.372 e. The Balaban J connectivity index is 1.29. The predicted octanol–water partition coefficient (Wildman–Crippen LogP) is 4.75. The van der Waals surface area contributed by atoms with Gasteiger partial charge in [0.2, 0.25) is 5.91 Å². The molecule has 0 radical (unpaired) electrons. The maximum Gasteiger partial charge on any atom is 0.224 e. The monoisotopic (exact) mass is 385 g/mol. The Hall–Kier alpha value is -2.91. The van der Waals surface area contributed by atoms with E-state index in [-0.39, 0.29) is 5.91 Å². The number of carbonyl (C=O) groups excluding carboxylic acids is 1. The summed E-state index contributed by atoms with van der Waals surface area (Å²) in [7, 11) is 0. The van der Waals surface area contributed by atoms with E-state index in [1.165, 1.54) is 24.0 Å². The van der Waals surface area contributed by atoms with Crippen molar-refractivity contribution in [3.8, 4) is 0 Å². The van der Waals surface area contributed by atoms with Gasteiger partial charge in [-0.2, -0.15) is 0 Å². The van der Waals surface area contributed by atoms with Crippen LogP contribution < -0.4 is 5.32 Å². The summed E-state index contributed by atoms with van der Waals surface area (Å²) >= 11 is 0. The zero-order valence-corrected chi connectivity index (χ0v) is 16.7. The van der Waals surface area contributed by atoms with Crippen molar-refractivity contribution in [2.75, 3.05) is 0 Å². The Morgan fingerprint density at radius 1 is 0.793 bits per heavy atom. The van der Waals surface area contributed by atoms with Crippen molar-refractivity contribution in [2.24, 2.45) is 0 Å². The molecule has 3 nitrogen and oxygen atoms in total. The standard InChI is InChI=1S/C26H27NO2/c28-26(16-21-13-14-22-11-6-12-23(22)15-21)27-17-24-9-4-5-10-25(24)19-29-18-20-7-2-1-3-8-20/h1-5,7-10,13-15H,6,11-12,16-19H2,(H,27,28). The van der Waals surface area contributed by atoms with Gasteiger partial charge in [0.1, 0.15) is 0 Å². The topological polar surface area (TPSA) is 38.3 Å². The first kappa shape index (κ1) is 19.4.